The second kappa shape index (κ2) is 6.69. The summed E-state index contributed by atoms with van der Waals surface area (Å²) in [6, 6.07) is 0. The number of piperazine rings is 1. The second-order valence-electron chi connectivity index (χ2n) is 5.80. The van der Waals surface area contributed by atoms with Crippen LogP contribution < -0.4 is 0 Å². The molecule has 1 aromatic rings. The molecule has 0 unspecified atom stereocenters. The van der Waals surface area contributed by atoms with E-state index < -0.39 is 16.6 Å². The SMILES string of the molecule is C[C@@](O)(CN1CCN(C(=O)O)CC1)Cn1cc([N+](=O)[O-])nc1Cl. The maximum absolute atomic E-state index is 10.9. The summed E-state index contributed by atoms with van der Waals surface area (Å²) < 4.78 is 1.33. The average molecular weight is 348 g/mol. The molecule has 0 saturated carbocycles. The van der Waals surface area contributed by atoms with Gasteiger partial charge in [-0.3, -0.25) is 9.47 Å². The molecule has 11 heteroatoms. The zero-order valence-corrected chi connectivity index (χ0v) is 13.3. The Morgan fingerprint density at radius 1 is 1.43 bits per heavy atom. The van der Waals surface area contributed by atoms with E-state index in [1.54, 1.807) is 6.92 Å². The Bertz CT molecular complexity index is 597. The van der Waals surface area contributed by atoms with Gasteiger partial charge in [-0.25, -0.2) is 4.79 Å². The summed E-state index contributed by atoms with van der Waals surface area (Å²) in [5.74, 6) is -0.374. The zero-order chi connectivity index (χ0) is 17.2. The van der Waals surface area contributed by atoms with Gasteiger partial charge in [0.1, 0.15) is 6.20 Å². The summed E-state index contributed by atoms with van der Waals surface area (Å²) in [7, 11) is 0. The van der Waals surface area contributed by atoms with Gasteiger partial charge >= 0.3 is 17.2 Å². The maximum atomic E-state index is 10.9. The minimum absolute atomic E-state index is 0.0474. The third-order valence-corrected chi connectivity index (χ3v) is 3.92. The number of halogens is 1. The Balaban J connectivity index is 1.94. The Morgan fingerprint density at radius 3 is 2.52 bits per heavy atom. The normalized spacial score (nSPS) is 18.7. The molecule has 0 spiro atoms. The van der Waals surface area contributed by atoms with Crippen LogP contribution in [0.4, 0.5) is 10.6 Å². The first-order chi connectivity index (χ1) is 10.7. The summed E-state index contributed by atoms with van der Waals surface area (Å²) >= 11 is 5.84. The zero-order valence-electron chi connectivity index (χ0n) is 12.6. The number of β-amino-alcohol motifs (C(OH)–C–C–N with tert-alkyl or cyclic N) is 1. The summed E-state index contributed by atoms with van der Waals surface area (Å²) in [6.45, 7) is 3.72. The highest BCUT2D eigenvalue weighted by molar-refractivity contribution is 6.28. The Hall–Kier alpha value is -1.91. The first-order valence-electron chi connectivity index (χ1n) is 6.97. The highest BCUT2D eigenvalue weighted by Gasteiger charge is 2.30. The molecule has 2 rings (SSSR count). The van der Waals surface area contributed by atoms with Crippen molar-refractivity contribution in [3.8, 4) is 0 Å². The number of carbonyl (C=O) groups is 1. The number of hydrogen-bond acceptors (Lipinski definition) is 6. The van der Waals surface area contributed by atoms with Crippen LogP contribution in [0.1, 0.15) is 6.92 Å². The van der Waals surface area contributed by atoms with E-state index in [-0.39, 0.29) is 17.6 Å². The first kappa shape index (κ1) is 17.4. The average Bonchev–Trinajstić information content (AvgIpc) is 2.79. The van der Waals surface area contributed by atoms with E-state index in [0.29, 0.717) is 32.7 Å². The van der Waals surface area contributed by atoms with E-state index in [0.717, 1.165) is 0 Å². The van der Waals surface area contributed by atoms with Gasteiger partial charge < -0.3 is 25.2 Å². The van der Waals surface area contributed by atoms with Crippen LogP contribution >= 0.6 is 11.6 Å². The molecule has 0 radical (unpaired) electrons. The number of hydrogen-bond donors (Lipinski definition) is 2. The van der Waals surface area contributed by atoms with Crippen molar-refractivity contribution in [3.63, 3.8) is 0 Å². The molecule has 0 aliphatic carbocycles. The second-order valence-corrected chi connectivity index (χ2v) is 6.13. The van der Waals surface area contributed by atoms with Crippen molar-refractivity contribution >= 4 is 23.5 Å². The van der Waals surface area contributed by atoms with Crippen molar-refractivity contribution in [2.75, 3.05) is 32.7 Å². The van der Waals surface area contributed by atoms with Crippen LogP contribution in [0.15, 0.2) is 6.20 Å². The minimum atomic E-state index is -1.19. The Kier molecular flexibility index (Phi) is 5.07. The predicted octanol–water partition coefficient (Wildman–Crippen LogP) is 0.491. The smallest absolute Gasteiger partial charge is 0.407 e. The summed E-state index contributed by atoms with van der Waals surface area (Å²) in [6.07, 6.45) is 0.230. The number of imidazole rings is 1. The minimum Gasteiger partial charge on any atom is -0.465 e. The number of amides is 1. The molecule has 10 nitrogen and oxygen atoms in total. The molecule has 1 fully saturated rings. The first-order valence-corrected chi connectivity index (χ1v) is 7.35. The maximum Gasteiger partial charge on any atom is 0.407 e. The summed E-state index contributed by atoms with van der Waals surface area (Å²) in [5.41, 5.74) is -1.19. The van der Waals surface area contributed by atoms with Gasteiger partial charge in [-0.05, 0) is 28.4 Å². The fraction of sp³-hybridized carbons (Fsp3) is 0.667. The van der Waals surface area contributed by atoms with Gasteiger partial charge in [-0.2, -0.15) is 0 Å². The number of nitro groups is 1. The molecular weight excluding hydrogens is 330 g/mol. The molecule has 1 aliphatic heterocycles. The van der Waals surface area contributed by atoms with Crippen LogP contribution in [0.25, 0.3) is 0 Å². The molecule has 1 aliphatic rings. The molecule has 1 atom stereocenters. The van der Waals surface area contributed by atoms with Crippen molar-refractivity contribution in [3.05, 3.63) is 21.6 Å². The van der Waals surface area contributed by atoms with E-state index in [2.05, 4.69) is 4.98 Å². The van der Waals surface area contributed by atoms with Crippen LogP contribution in [0.5, 0.6) is 0 Å². The van der Waals surface area contributed by atoms with Gasteiger partial charge in [-0.15, -0.1) is 0 Å². The Labute approximate surface area is 137 Å². The number of aliphatic hydroxyl groups is 1. The number of nitrogens with zero attached hydrogens (tertiary/aromatic N) is 5. The van der Waals surface area contributed by atoms with Gasteiger partial charge in [-0.1, -0.05) is 0 Å². The van der Waals surface area contributed by atoms with Crippen LogP contribution in [0.3, 0.4) is 0 Å². The largest absolute Gasteiger partial charge is 0.465 e. The van der Waals surface area contributed by atoms with Crippen molar-refractivity contribution < 1.29 is 19.9 Å². The molecule has 1 amide bonds. The number of carboxylic acid groups (broad SMARTS) is 1. The molecule has 2 N–H and O–H groups in total. The lowest BCUT2D eigenvalue weighted by Crippen LogP contribution is -2.53. The monoisotopic (exact) mass is 347 g/mol. The van der Waals surface area contributed by atoms with Crippen LogP contribution in [0, 0.1) is 10.1 Å². The highest BCUT2D eigenvalue weighted by Crippen LogP contribution is 2.20. The van der Waals surface area contributed by atoms with Crippen LogP contribution in [-0.2, 0) is 6.54 Å². The van der Waals surface area contributed by atoms with E-state index in [1.165, 1.54) is 15.7 Å². The van der Waals surface area contributed by atoms with E-state index in [9.17, 15) is 20.0 Å². The molecule has 0 bridgehead atoms. The van der Waals surface area contributed by atoms with Gasteiger partial charge in [0.2, 0.25) is 0 Å². The predicted molar refractivity (Wildman–Crippen MR) is 80.6 cm³/mol. The fourth-order valence-corrected chi connectivity index (χ4v) is 2.77. The third-order valence-electron chi connectivity index (χ3n) is 3.62. The van der Waals surface area contributed by atoms with Crippen molar-refractivity contribution in [1.29, 1.82) is 0 Å². The lowest BCUT2D eigenvalue weighted by Gasteiger charge is -2.37. The fourth-order valence-electron chi connectivity index (χ4n) is 2.58. The van der Waals surface area contributed by atoms with Crippen molar-refractivity contribution in [1.82, 2.24) is 19.4 Å². The van der Waals surface area contributed by atoms with E-state index >= 15 is 0 Å². The van der Waals surface area contributed by atoms with E-state index in [4.69, 9.17) is 16.7 Å². The number of aromatic nitrogens is 2. The molecule has 0 aromatic carbocycles. The van der Waals surface area contributed by atoms with Gasteiger partial charge in [0.15, 0.2) is 0 Å². The third kappa shape index (κ3) is 4.53. The van der Waals surface area contributed by atoms with Crippen LogP contribution in [-0.4, -0.2) is 78.9 Å². The molecular formula is C12H18ClN5O5. The van der Waals surface area contributed by atoms with Gasteiger partial charge in [0.25, 0.3) is 0 Å². The summed E-state index contributed by atoms with van der Waals surface area (Å²) in [5, 5.41) is 30.0. The summed E-state index contributed by atoms with van der Waals surface area (Å²) in [4.78, 5) is 27.8. The molecule has 1 aromatic heterocycles. The Morgan fingerprint density at radius 2 is 2.04 bits per heavy atom. The lowest BCUT2D eigenvalue weighted by atomic mass is 10.1. The molecule has 2 heterocycles. The van der Waals surface area contributed by atoms with Gasteiger partial charge in [0.05, 0.1) is 12.1 Å². The molecule has 23 heavy (non-hydrogen) atoms. The topological polar surface area (TPSA) is 125 Å². The lowest BCUT2D eigenvalue weighted by molar-refractivity contribution is -0.389. The van der Waals surface area contributed by atoms with Crippen molar-refractivity contribution in [2.24, 2.45) is 0 Å². The quantitative estimate of drug-likeness (QED) is 0.586. The highest BCUT2D eigenvalue weighted by atomic mass is 35.5. The molecule has 128 valence electrons. The van der Waals surface area contributed by atoms with Gasteiger partial charge in [0, 0.05) is 32.7 Å². The standard InChI is InChI=1S/C12H18ClN5O5/c1-12(21,7-15-2-4-16(5-3-15)11(19)20)8-17-6-9(18(22)23)14-10(17)13/h6,21H,2-5,7-8H2,1H3,(H,19,20)/t12-/m1/s1. The van der Waals surface area contributed by atoms with Crippen molar-refractivity contribution in [2.45, 2.75) is 19.1 Å². The van der Waals surface area contributed by atoms with E-state index in [1.807, 2.05) is 4.90 Å². The molecule has 1 saturated heterocycles. The number of rotatable bonds is 5. The van der Waals surface area contributed by atoms with Crippen LogP contribution in [0.2, 0.25) is 5.28 Å².